The van der Waals surface area contributed by atoms with E-state index in [1.807, 2.05) is 20.8 Å². The summed E-state index contributed by atoms with van der Waals surface area (Å²) in [6.45, 7) is 7.11. The van der Waals surface area contributed by atoms with E-state index in [9.17, 15) is 9.90 Å². The third kappa shape index (κ3) is 3.19. The Morgan fingerprint density at radius 2 is 2.00 bits per heavy atom. The fourth-order valence-corrected chi connectivity index (χ4v) is 1.92. The van der Waals surface area contributed by atoms with E-state index in [4.69, 9.17) is 5.73 Å². The number of hydrogen-bond donors (Lipinski definition) is 2. The predicted octanol–water partition coefficient (Wildman–Crippen LogP) is 0.733. The van der Waals surface area contributed by atoms with Gasteiger partial charge in [0, 0.05) is 13.1 Å². The van der Waals surface area contributed by atoms with Crippen LogP contribution in [0.4, 0.5) is 0 Å². The minimum absolute atomic E-state index is 0.0323. The van der Waals surface area contributed by atoms with Crippen LogP contribution >= 0.6 is 0 Å². The van der Waals surface area contributed by atoms with E-state index in [2.05, 4.69) is 0 Å². The van der Waals surface area contributed by atoms with Crippen LogP contribution in [0.5, 0.6) is 0 Å². The smallest absolute Gasteiger partial charge is 0.239 e. The van der Waals surface area contributed by atoms with Gasteiger partial charge in [0.2, 0.25) is 5.91 Å². The topological polar surface area (TPSA) is 66.6 Å². The molecule has 0 aromatic heterocycles. The Balaban J connectivity index is 2.50. The first-order chi connectivity index (χ1) is 7.37. The first kappa shape index (κ1) is 13.5. The fourth-order valence-electron chi connectivity index (χ4n) is 1.92. The summed E-state index contributed by atoms with van der Waals surface area (Å²) in [7, 11) is 0. The zero-order chi connectivity index (χ0) is 12.3. The zero-order valence-corrected chi connectivity index (χ0v) is 10.6. The van der Waals surface area contributed by atoms with Gasteiger partial charge in [0.1, 0.15) is 0 Å². The number of hydrogen-bond acceptors (Lipinski definition) is 3. The van der Waals surface area contributed by atoms with Gasteiger partial charge in [0.15, 0.2) is 0 Å². The molecule has 1 heterocycles. The SMILES string of the molecule is CCC(C)C(N)C(=O)N1CCC(C)(O)CC1. The molecule has 0 bridgehead atoms. The molecule has 1 fully saturated rings. The fraction of sp³-hybridized carbons (Fsp3) is 0.917. The summed E-state index contributed by atoms with van der Waals surface area (Å²) in [4.78, 5) is 13.8. The number of amides is 1. The second-order valence-electron chi connectivity index (χ2n) is 5.23. The molecule has 94 valence electrons. The molecular formula is C12H24N2O2. The Bertz CT molecular complexity index is 243. The van der Waals surface area contributed by atoms with Gasteiger partial charge in [-0.3, -0.25) is 4.79 Å². The van der Waals surface area contributed by atoms with Crippen molar-refractivity contribution in [3.63, 3.8) is 0 Å². The quantitative estimate of drug-likeness (QED) is 0.748. The highest BCUT2D eigenvalue weighted by Crippen LogP contribution is 2.22. The number of nitrogens with zero attached hydrogens (tertiary/aromatic N) is 1. The molecule has 0 saturated carbocycles. The average molecular weight is 228 g/mol. The van der Waals surface area contributed by atoms with Gasteiger partial charge in [-0.25, -0.2) is 0 Å². The second kappa shape index (κ2) is 5.15. The van der Waals surface area contributed by atoms with Crippen molar-refractivity contribution < 1.29 is 9.90 Å². The Morgan fingerprint density at radius 3 is 2.44 bits per heavy atom. The van der Waals surface area contributed by atoms with Gasteiger partial charge in [0.25, 0.3) is 0 Å². The highest BCUT2D eigenvalue weighted by atomic mass is 16.3. The summed E-state index contributed by atoms with van der Waals surface area (Å²) in [5.74, 6) is 0.250. The molecule has 1 aliphatic rings. The van der Waals surface area contributed by atoms with Crippen LogP contribution < -0.4 is 5.73 Å². The monoisotopic (exact) mass is 228 g/mol. The van der Waals surface area contributed by atoms with Gasteiger partial charge in [-0.1, -0.05) is 20.3 Å². The van der Waals surface area contributed by atoms with Crippen LogP contribution in [0.15, 0.2) is 0 Å². The zero-order valence-electron chi connectivity index (χ0n) is 10.6. The highest BCUT2D eigenvalue weighted by Gasteiger charge is 2.32. The van der Waals surface area contributed by atoms with Crippen LogP contribution in [-0.4, -0.2) is 40.6 Å². The van der Waals surface area contributed by atoms with E-state index in [0.717, 1.165) is 6.42 Å². The van der Waals surface area contributed by atoms with E-state index < -0.39 is 11.6 Å². The molecule has 0 aliphatic carbocycles. The maximum absolute atomic E-state index is 12.0. The third-order valence-electron chi connectivity index (χ3n) is 3.69. The molecule has 1 saturated heterocycles. The predicted molar refractivity (Wildman–Crippen MR) is 63.9 cm³/mol. The van der Waals surface area contributed by atoms with E-state index in [1.165, 1.54) is 0 Å². The van der Waals surface area contributed by atoms with Crippen molar-refractivity contribution in [2.45, 2.75) is 51.7 Å². The van der Waals surface area contributed by atoms with Crippen molar-refractivity contribution in [2.75, 3.05) is 13.1 Å². The molecule has 2 atom stereocenters. The van der Waals surface area contributed by atoms with E-state index >= 15 is 0 Å². The summed E-state index contributed by atoms with van der Waals surface area (Å²) in [5.41, 5.74) is 5.30. The minimum Gasteiger partial charge on any atom is -0.390 e. The molecule has 1 aliphatic heterocycles. The number of likely N-dealkylation sites (tertiary alicyclic amines) is 1. The molecule has 0 radical (unpaired) electrons. The van der Waals surface area contributed by atoms with Gasteiger partial charge in [0.05, 0.1) is 11.6 Å². The molecule has 4 heteroatoms. The minimum atomic E-state index is -0.614. The van der Waals surface area contributed by atoms with Gasteiger partial charge in [-0.05, 0) is 25.7 Å². The van der Waals surface area contributed by atoms with Gasteiger partial charge in [-0.15, -0.1) is 0 Å². The summed E-state index contributed by atoms with van der Waals surface area (Å²) >= 11 is 0. The van der Waals surface area contributed by atoms with Crippen LogP contribution in [0.25, 0.3) is 0 Å². The Labute approximate surface area is 97.8 Å². The molecule has 4 nitrogen and oxygen atoms in total. The summed E-state index contributed by atoms with van der Waals surface area (Å²) < 4.78 is 0. The van der Waals surface area contributed by atoms with E-state index in [1.54, 1.807) is 4.90 Å². The lowest BCUT2D eigenvalue weighted by Gasteiger charge is -2.37. The molecule has 16 heavy (non-hydrogen) atoms. The van der Waals surface area contributed by atoms with Crippen molar-refractivity contribution in [3.8, 4) is 0 Å². The van der Waals surface area contributed by atoms with Gasteiger partial charge < -0.3 is 15.7 Å². The molecule has 0 spiro atoms. The summed E-state index contributed by atoms with van der Waals surface area (Å²) in [5, 5.41) is 9.80. The number of rotatable bonds is 3. The lowest BCUT2D eigenvalue weighted by Crippen LogP contribution is -2.52. The van der Waals surface area contributed by atoms with E-state index in [0.29, 0.717) is 25.9 Å². The van der Waals surface area contributed by atoms with Crippen LogP contribution in [0, 0.1) is 5.92 Å². The van der Waals surface area contributed by atoms with Crippen LogP contribution in [0.3, 0.4) is 0 Å². The lowest BCUT2D eigenvalue weighted by molar-refractivity contribution is -0.137. The molecule has 2 unspecified atom stereocenters. The number of aliphatic hydroxyl groups is 1. The Hall–Kier alpha value is -0.610. The Morgan fingerprint density at radius 1 is 1.50 bits per heavy atom. The van der Waals surface area contributed by atoms with Crippen molar-refractivity contribution >= 4 is 5.91 Å². The summed E-state index contributed by atoms with van der Waals surface area (Å²) in [6.07, 6.45) is 2.20. The van der Waals surface area contributed by atoms with Crippen LogP contribution in [0.1, 0.15) is 40.0 Å². The highest BCUT2D eigenvalue weighted by molar-refractivity contribution is 5.82. The average Bonchev–Trinajstić information content (AvgIpc) is 2.26. The van der Waals surface area contributed by atoms with Crippen molar-refractivity contribution in [2.24, 2.45) is 11.7 Å². The van der Waals surface area contributed by atoms with Gasteiger partial charge >= 0.3 is 0 Å². The maximum Gasteiger partial charge on any atom is 0.239 e. The first-order valence-electron chi connectivity index (χ1n) is 6.14. The third-order valence-corrected chi connectivity index (χ3v) is 3.69. The Kier molecular flexibility index (Phi) is 4.33. The second-order valence-corrected chi connectivity index (χ2v) is 5.23. The van der Waals surface area contributed by atoms with Crippen LogP contribution in [0.2, 0.25) is 0 Å². The van der Waals surface area contributed by atoms with Crippen molar-refractivity contribution in [3.05, 3.63) is 0 Å². The molecule has 1 rings (SSSR count). The van der Waals surface area contributed by atoms with Gasteiger partial charge in [-0.2, -0.15) is 0 Å². The number of piperidine rings is 1. The first-order valence-corrected chi connectivity index (χ1v) is 6.14. The number of nitrogens with two attached hydrogens (primary N) is 1. The standard InChI is InChI=1S/C12H24N2O2/c1-4-9(2)10(13)11(15)14-7-5-12(3,16)6-8-14/h9-10,16H,4-8,13H2,1-3H3. The van der Waals surface area contributed by atoms with Crippen molar-refractivity contribution in [1.82, 2.24) is 4.90 Å². The number of carbonyl (C=O) groups is 1. The number of carbonyl (C=O) groups excluding carboxylic acids is 1. The summed E-state index contributed by atoms with van der Waals surface area (Å²) in [6, 6.07) is -0.395. The van der Waals surface area contributed by atoms with Crippen LogP contribution in [-0.2, 0) is 4.79 Å². The largest absolute Gasteiger partial charge is 0.390 e. The normalized spacial score (nSPS) is 23.9. The lowest BCUT2D eigenvalue weighted by atomic mass is 9.92. The molecule has 0 aromatic carbocycles. The molecule has 3 N–H and O–H groups in total. The molecule has 0 aromatic rings. The molecular weight excluding hydrogens is 204 g/mol. The maximum atomic E-state index is 12.0. The van der Waals surface area contributed by atoms with E-state index in [-0.39, 0.29) is 11.8 Å². The molecule has 1 amide bonds. The van der Waals surface area contributed by atoms with Crippen molar-refractivity contribution in [1.29, 1.82) is 0 Å².